The molecule has 1 aromatic rings. The van der Waals surface area contributed by atoms with Crippen molar-refractivity contribution in [2.75, 3.05) is 0 Å². The lowest BCUT2D eigenvalue weighted by Gasteiger charge is -2.48. The van der Waals surface area contributed by atoms with E-state index in [0.29, 0.717) is 0 Å². The highest BCUT2D eigenvalue weighted by atomic mass is 15.0. The lowest BCUT2D eigenvalue weighted by molar-refractivity contribution is 0.00939. The second-order valence-corrected chi connectivity index (χ2v) is 7.83. The average molecular weight is 251 g/mol. The van der Waals surface area contributed by atoms with E-state index in [-0.39, 0.29) is 0 Å². The summed E-state index contributed by atoms with van der Waals surface area (Å²) in [5, 5.41) is 3.97. The van der Waals surface area contributed by atoms with E-state index in [9.17, 15) is 0 Å². The van der Waals surface area contributed by atoms with E-state index in [4.69, 9.17) is 0 Å². The first-order chi connectivity index (χ1) is 9.43. The van der Waals surface area contributed by atoms with Crippen LogP contribution in [0.1, 0.15) is 18.4 Å². The summed E-state index contributed by atoms with van der Waals surface area (Å²) in [5.41, 5.74) is 1.46. The normalized spacial score (nSPS) is 58.0. The van der Waals surface area contributed by atoms with E-state index in [1.165, 1.54) is 17.4 Å². The van der Waals surface area contributed by atoms with Crippen LogP contribution in [0.5, 0.6) is 0 Å². The molecule has 0 amide bonds. The summed E-state index contributed by atoms with van der Waals surface area (Å²) in [5.74, 6) is 9.07. The Bertz CT molecular complexity index is 532. The Morgan fingerprint density at radius 3 is 2.37 bits per heavy atom. The Labute approximate surface area is 114 Å². The van der Waals surface area contributed by atoms with Crippen LogP contribution in [0.4, 0.5) is 0 Å². The zero-order chi connectivity index (χ0) is 12.1. The molecule has 5 fully saturated rings. The van der Waals surface area contributed by atoms with E-state index >= 15 is 0 Å². The zero-order valence-corrected chi connectivity index (χ0v) is 11.2. The molecule has 5 aliphatic rings. The molecule has 5 saturated carbocycles. The van der Waals surface area contributed by atoms with Crippen LogP contribution in [0.3, 0.4) is 0 Å². The third-order valence-corrected chi connectivity index (χ3v) is 7.71. The van der Waals surface area contributed by atoms with Crippen molar-refractivity contribution in [1.29, 1.82) is 0 Å². The lowest BCUT2D eigenvalue weighted by Crippen LogP contribution is -2.51. The molecule has 9 atom stereocenters. The summed E-state index contributed by atoms with van der Waals surface area (Å²) in [6.45, 7) is 1.09. The third-order valence-electron chi connectivity index (χ3n) is 7.71. The predicted octanol–water partition coefficient (Wildman–Crippen LogP) is 2.92. The molecule has 0 saturated heterocycles. The van der Waals surface area contributed by atoms with Crippen molar-refractivity contribution >= 4 is 0 Å². The van der Waals surface area contributed by atoms with Gasteiger partial charge in [-0.25, -0.2) is 0 Å². The minimum Gasteiger partial charge on any atom is -0.309 e. The molecule has 1 unspecified atom stereocenters. The highest BCUT2D eigenvalue weighted by Gasteiger charge is 2.80. The largest absolute Gasteiger partial charge is 0.309 e. The SMILES string of the molecule is c1ccc(CNC2[C@H]3[C@@H]4C[C@H]5[C@H]2[C@@H]2[C@H]3C[C@H]4[C@H]52)cc1. The van der Waals surface area contributed by atoms with Crippen LogP contribution in [0.2, 0.25) is 0 Å². The molecule has 1 nitrogen and oxygen atoms in total. The Morgan fingerprint density at radius 2 is 1.53 bits per heavy atom. The zero-order valence-electron chi connectivity index (χ0n) is 11.2. The molecule has 1 N–H and O–H groups in total. The van der Waals surface area contributed by atoms with Crippen LogP contribution in [0.25, 0.3) is 0 Å². The van der Waals surface area contributed by atoms with Gasteiger partial charge in [0.1, 0.15) is 0 Å². The Balaban J connectivity index is 1.29. The third kappa shape index (κ3) is 0.961. The molecule has 0 heterocycles. The van der Waals surface area contributed by atoms with E-state index in [1.54, 1.807) is 12.8 Å². The maximum Gasteiger partial charge on any atom is 0.0208 e. The van der Waals surface area contributed by atoms with Gasteiger partial charge in [0.05, 0.1) is 0 Å². The van der Waals surface area contributed by atoms with Gasteiger partial charge in [0, 0.05) is 12.6 Å². The Hall–Kier alpha value is -0.820. The predicted molar refractivity (Wildman–Crippen MR) is 74.2 cm³/mol. The van der Waals surface area contributed by atoms with Gasteiger partial charge in [-0.2, -0.15) is 0 Å². The highest BCUT2D eigenvalue weighted by molar-refractivity contribution is 5.29. The van der Waals surface area contributed by atoms with E-state index < -0.39 is 0 Å². The molecule has 5 aliphatic carbocycles. The molecule has 0 spiro atoms. The van der Waals surface area contributed by atoms with Crippen molar-refractivity contribution in [1.82, 2.24) is 5.32 Å². The first-order valence-electron chi connectivity index (χ1n) is 8.21. The molecular formula is C18H21N. The monoisotopic (exact) mass is 251 g/mol. The fourth-order valence-corrected chi connectivity index (χ4v) is 7.58. The van der Waals surface area contributed by atoms with Gasteiger partial charge in [-0.3, -0.25) is 0 Å². The molecule has 0 aliphatic heterocycles. The molecule has 1 aromatic carbocycles. The Morgan fingerprint density at radius 1 is 0.789 bits per heavy atom. The number of rotatable bonds is 3. The second-order valence-electron chi connectivity index (χ2n) is 7.83. The summed E-state index contributed by atoms with van der Waals surface area (Å²) in [4.78, 5) is 0. The van der Waals surface area contributed by atoms with Gasteiger partial charge in [0.25, 0.3) is 0 Å². The summed E-state index contributed by atoms with van der Waals surface area (Å²) in [6.07, 6.45) is 3.22. The molecule has 2 bridgehead atoms. The molecule has 19 heavy (non-hydrogen) atoms. The number of nitrogens with one attached hydrogen (secondary N) is 1. The van der Waals surface area contributed by atoms with Gasteiger partial charge in [-0.15, -0.1) is 0 Å². The van der Waals surface area contributed by atoms with E-state index in [1.807, 2.05) is 0 Å². The van der Waals surface area contributed by atoms with Crippen molar-refractivity contribution in [3.8, 4) is 0 Å². The van der Waals surface area contributed by atoms with Gasteiger partial charge < -0.3 is 5.32 Å². The maximum atomic E-state index is 3.97. The molecule has 1 heteroatoms. The maximum absolute atomic E-state index is 3.97. The van der Waals surface area contributed by atoms with Crippen LogP contribution >= 0.6 is 0 Å². The summed E-state index contributed by atoms with van der Waals surface area (Å²) < 4.78 is 0. The molecule has 0 aromatic heterocycles. The van der Waals surface area contributed by atoms with Gasteiger partial charge in [-0.1, -0.05) is 30.3 Å². The number of hydrogen-bond donors (Lipinski definition) is 1. The second kappa shape index (κ2) is 3.09. The van der Waals surface area contributed by atoms with Crippen LogP contribution in [0.15, 0.2) is 30.3 Å². The van der Waals surface area contributed by atoms with Crippen LogP contribution in [0, 0.1) is 47.3 Å². The molecule has 6 rings (SSSR count). The molecule has 98 valence electrons. The lowest BCUT2D eigenvalue weighted by atomic mass is 9.59. The van der Waals surface area contributed by atoms with Gasteiger partial charge in [-0.05, 0) is 65.7 Å². The first kappa shape index (κ1) is 9.99. The van der Waals surface area contributed by atoms with Crippen LogP contribution in [-0.2, 0) is 6.54 Å². The Kier molecular flexibility index (Phi) is 1.62. The summed E-state index contributed by atoms with van der Waals surface area (Å²) >= 11 is 0. The summed E-state index contributed by atoms with van der Waals surface area (Å²) in [7, 11) is 0. The van der Waals surface area contributed by atoms with E-state index in [0.717, 1.165) is 48.1 Å². The van der Waals surface area contributed by atoms with Crippen molar-refractivity contribution in [3.63, 3.8) is 0 Å². The fraction of sp³-hybridized carbons (Fsp3) is 0.667. The van der Waals surface area contributed by atoms with Gasteiger partial charge in [0.15, 0.2) is 0 Å². The first-order valence-corrected chi connectivity index (χ1v) is 8.21. The van der Waals surface area contributed by atoms with Crippen molar-refractivity contribution in [3.05, 3.63) is 35.9 Å². The van der Waals surface area contributed by atoms with Gasteiger partial charge >= 0.3 is 0 Å². The topological polar surface area (TPSA) is 12.0 Å². The number of hydrogen-bond acceptors (Lipinski definition) is 1. The molecule has 0 radical (unpaired) electrons. The van der Waals surface area contributed by atoms with Gasteiger partial charge in [0.2, 0.25) is 0 Å². The molecular weight excluding hydrogens is 230 g/mol. The van der Waals surface area contributed by atoms with Crippen LogP contribution < -0.4 is 5.32 Å². The van der Waals surface area contributed by atoms with E-state index in [2.05, 4.69) is 35.6 Å². The minimum atomic E-state index is 0.878. The van der Waals surface area contributed by atoms with Crippen molar-refractivity contribution < 1.29 is 0 Å². The van der Waals surface area contributed by atoms with Crippen LogP contribution in [-0.4, -0.2) is 6.04 Å². The average Bonchev–Trinajstić information content (AvgIpc) is 2.96. The van der Waals surface area contributed by atoms with Crippen molar-refractivity contribution in [2.24, 2.45) is 47.3 Å². The fourth-order valence-electron chi connectivity index (χ4n) is 7.58. The quantitative estimate of drug-likeness (QED) is 0.871. The standard InChI is InChI=1S/C18H21N/c1-2-4-9(5-3-1)8-19-18-15-11-7-12-14-10(11)6-13(15)16(14)17(12)18/h1-5,10-19H,6-8H2/t10-,11-,12-,13+,14-,15+,16-,17+,18?/m1/s1. The number of benzene rings is 1. The highest BCUT2D eigenvalue weighted by Crippen LogP contribution is 2.82. The number of fused-ring (bicyclic) bond motifs is 2. The smallest absolute Gasteiger partial charge is 0.0208 e. The van der Waals surface area contributed by atoms with Crippen molar-refractivity contribution in [2.45, 2.75) is 25.4 Å². The minimum absolute atomic E-state index is 0.878. The summed E-state index contributed by atoms with van der Waals surface area (Å²) in [6, 6.07) is 11.8.